The van der Waals surface area contributed by atoms with Crippen LogP contribution in [0, 0.1) is 0 Å². The Kier molecular flexibility index (Phi) is 6.71. The number of piperazine rings is 1. The predicted molar refractivity (Wildman–Crippen MR) is 94.5 cm³/mol. The smallest absolute Gasteiger partial charge is 0.257 e. The van der Waals surface area contributed by atoms with Crippen LogP contribution in [0.4, 0.5) is 0 Å². The summed E-state index contributed by atoms with van der Waals surface area (Å²) in [5.41, 5.74) is 5.23. The summed E-state index contributed by atoms with van der Waals surface area (Å²) in [4.78, 5) is 28.0. The first-order chi connectivity index (χ1) is 10.2. The predicted octanol–water partition coefficient (Wildman–Crippen LogP) is 2.44. The molecule has 1 aliphatic rings. The summed E-state index contributed by atoms with van der Waals surface area (Å²) >= 11 is 12.1. The van der Waals surface area contributed by atoms with E-state index in [1.807, 2.05) is 0 Å². The number of halogens is 3. The SMILES string of the molecule is CC(C)(N)C(=O)N1CCN(C(=O)c2c(Cl)cccc2Cl)CC1.Cl. The highest BCUT2D eigenvalue weighted by atomic mass is 35.5. The van der Waals surface area contributed by atoms with Gasteiger partial charge in [-0.15, -0.1) is 12.4 Å². The van der Waals surface area contributed by atoms with Gasteiger partial charge in [-0.1, -0.05) is 29.3 Å². The molecule has 0 aliphatic carbocycles. The molecule has 128 valence electrons. The second-order valence-corrected chi connectivity index (χ2v) is 6.72. The van der Waals surface area contributed by atoms with Crippen molar-refractivity contribution < 1.29 is 9.59 Å². The van der Waals surface area contributed by atoms with Crippen LogP contribution in [0.1, 0.15) is 24.2 Å². The van der Waals surface area contributed by atoms with Crippen LogP contribution in [-0.2, 0) is 4.79 Å². The lowest BCUT2D eigenvalue weighted by molar-refractivity contribution is -0.137. The molecule has 0 aromatic heterocycles. The first kappa shape index (κ1) is 20.0. The van der Waals surface area contributed by atoms with Crippen LogP contribution in [0.25, 0.3) is 0 Å². The Balaban J connectivity index is 0.00000264. The molecule has 1 aromatic carbocycles. The van der Waals surface area contributed by atoms with Gasteiger partial charge >= 0.3 is 0 Å². The van der Waals surface area contributed by atoms with Gasteiger partial charge in [0.05, 0.1) is 21.1 Å². The fourth-order valence-electron chi connectivity index (χ4n) is 2.38. The summed E-state index contributed by atoms with van der Waals surface area (Å²) in [5, 5.41) is 0.665. The van der Waals surface area contributed by atoms with E-state index in [9.17, 15) is 9.59 Å². The van der Waals surface area contributed by atoms with Gasteiger partial charge in [0.2, 0.25) is 5.91 Å². The van der Waals surface area contributed by atoms with Crippen LogP contribution >= 0.6 is 35.6 Å². The minimum atomic E-state index is -0.905. The summed E-state index contributed by atoms with van der Waals surface area (Å²) in [6, 6.07) is 4.97. The molecule has 1 fully saturated rings. The zero-order valence-electron chi connectivity index (χ0n) is 13.0. The van der Waals surface area contributed by atoms with Gasteiger partial charge < -0.3 is 15.5 Å². The number of carbonyl (C=O) groups excluding carboxylic acids is 2. The summed E-state index contributed by atoms with van der Waals surface area (Å²) < 4.78 is 0. The van der Waals surface area contributed by atoms with E-state index in [0.717, 1.165) is 0 Å². The maximum absolute atomic E-state index is 12.5. The van der Waals surface area contributed by atoms with Crippen LogP contribution in [0.2, 0.25) is 10.0 Å². The van der Waals surface area contributed by atoms with Gasteiger partial charge in [-0.25, -0.2) is 0 Å². The second-order valence-electron chi connectivity index (χ2n) is 5.90. The van der Waals surface area contributed by atoms with Crippen LogP contribution in [0.5, 0.6) is 0 Å². The highest BCUT2D eigenvalue weighted by Crippen LogP contribution is 2.26. The van der Waals surface area contributed by atoms with Gasteiger partial charge in [0.15, 0.2) is 0 Å². The molecule has 0 radical (unpaired) electrons. The fraction of sp³-hybridized carbons (Fsp3) is 0.467. The largest absolute Gasteiger partial charge is 0.338 e. The number of carbonyl (C=O) groups is 2. The zero-order chi connectivity index (χ0) is 16.5. The number of amides is 2. The van der Waals surface area contributed by atoms with Crippen molar-refractivity contribution in [3.8, 4) is 0 Å². The van der Waals surface area contributed by atoms with Gasteiger partial charge in [-0.3, -0.25) is 9.59 Å². The van der Waals surface area contributed by atoms with E-state index < -0.39 is 5.54 Å². The van der Waals surface area contributed by atoms with E-state index >= 15 is 0 Å². The molecule has 1 saturated heterocycles. The van der Waals surface area contributed by atoms with E-state index in [1.165, 1.54) is 0 Å². The van der Waals surface area contributed by atoms with Gasteiger partial charge in [0, 0.05) is 26.2 Å². The molecule has 1 aliphatic heterocycles. The Labute approximate surface area is 152 Å². The number of nitrogens with zero attached hydrogens (tertiary/aromatic N) is 2. The lowest BCUT2D eigenvalue weighted by Crippen LogP contribution is -2.57. The molecule has 2 N–H and O–H groups in total. The summed E-state index contributed by atoms with van der Waals surface area (Å²) in [6.45, 7) is 5.12. The summed E-state index contributed by atoms with van der Waals surface area (Å²) in [5.74, 6) is -0.329. The lowest BCUT2D eigenvalue weighted by Gasteiger charge is -2.37. The van der Waals surface area contributed by atoms with E-state index in [0.29, 0.717) is 41.8 Å². The standard InChI is InChI=1S/C15H19Cl2N3O2.ClH/c1-15(2,18)14(22)20-8-6-19(7-9-20)13(21)12-10(16)4-3-5-11(12)17;/h3-5H,6-9,18H2,1-2H3;1H. The number of hydrogen-bond acceptors (Lipinski definition) is 3. The van der Waals surface area contributed by atoms with E-state index in [2.05, 4.69) is 0 Å². The Bertz CT molecular complexity index is 574. The highest BCUT2D eigenvalue weighted by Gasteiger charge is 2.32. The molecule has 2 rings (SSSR count). The Morgan fingerprint density at radius 3 is 1.91 bits per heavy atom. The first-order valence-electron chi connectivity index (χ1n) is 7.03. The molecule has 1 heterocycles. The first-order valence-corrected chi connectivity index (χ1v) is 7.79. The Morgan fingerprint density at radius 2 is 1.48 bits per heavy atom. The molecule has 0 saturated carbocycles. The zero-order valence-corrected chi connectivity index (χ0v) is 15.3. The third-order valence-electron chi connectivity index (χ3n) is 3.58. The van der Waals surface area contributed by atoms with Crippen molar-refractivity contribution in [2.45, 2.75) is 19.4 Å². The molecular weight excluding hydrogens is 361 g/mol. The van der Waals surface area contributed by atoms with Crippen molar-refractivity contribution in [1.82, 2.24) is 9.80 Å². The van der Waals surface area contributed by atoms with Crippen LogP contribution in [0.15, 0.2) is 18.2 Å². The van der Waals surface area contributed by atoms with Crippen molar-refractivity contribution in [3.63, 3.8) is 0 Å². The molecule has 8 heteroatoms. The van der Waals surface area contributed by atoms with Gasteiger partial charge in [0.25, 0.3) is 5.91 Å². The second kappa shape index (κ2) is 7.71. The van der Waals surface area contributed by atoms with Crippen molar-refractivity contribution >= 4 is 47.4 Å². The van der Waals surface area contributed by atoms with Crippen LogP contribution < -0.4 is 5.73 Å². The van der Waals surface area contributed by atoms with Gasteiger partial charge in [-0.05, 0) is 26.0 Å². The summed E-state index contributed by atoms with van der Waals surface area (Å²) in [6.07, 6.45) is 0. The maximum Gasteiger partial charge on any atom is 0.257 e. The normalized spacial score (nSPS) is 15.2. The topological polar surface area (TPSA) is 66.6 Å². The lowest BCUT2D eigenvalue weighted by atomic mass is 10.0. The van der Waals surface area contributed by atoms with E-state index in [4.69, 9.17) is 28.9 Å². The van der Waals surface area contributed by atoms with Crippen LogP contribution in [-0.4, -0.2) is 53.3 Å². The average molecular weight is 381 g/mol. The molecule has 0 atom stereocenters. The summed E-state index contributed by atoms with van der Waals surface area (Å²) in [7, 11) is 0. The Hall–Kier alpha value is -1.01. The molecule has 0 unspecified atom stereocenters. The van der Waals surface area contributed by atoms with Crippen molar-refractivity contribution in [2.24, 2.45) is 5.73 Å². The third kappa shape index (κ3) is 4.51. The highest BCUT2D eigenvalue weighted by molar-refractivity contribution is 6.39. The van der Waals surface area contributed by atoms with E-state index in [-0.39, 0.29) is 24.2 Å². The molecule has 0 bridgehead atoms. The molecule has 5 nitrogen and oxygen atoms in total. The number of nitrogens with two attached hydrogens (primary N) is 1. The van der Waals surface area contributed by atoms with Gasteiger partial charge in [-0.2, -0.15) is 0 Å². The minimum Gasteiger partial charge on any atom is -0.338 e. The van der Waals surface area contributed by atoms with Crippen molar-refractivity contribution in [2.75, 3.05) is 26.2 Å². The molecule has 1 aromatic rings. The van der Waals surface area contributed by atoms with E-state index in [1.54, 1.807) is 41.8 Å². The average Bonchev–Trinajstić information content (AvgIpc) is 2.45. The van der Waals surface area contributed by atoms with Crippen molar-refractivity contribution in [3.05, 3.63) is 33.8 Å². The molecule has 2 amide bonds. The monoisotopic (exact) mass is 379 g/mol. The fourth-order valence-corrected chi connectivity index (χ4v) is 2.94. The minimum absolute atomic E-state index is 0. The quantitative estimate of drug-likeness (QED) is 0.857. The Morgan fingerprint density at radius 1 is 1.04 bits per heavy atom. The number of rotatable bonds is 2. The third-order valence-corrected chi connectivity index (χ3v) is 4.21. The maximum atomic E-state index is 12.5. The number of hydrogen-bond donors (Lipinski definition) is 1. The van der Waals surface area contributed by atoms with Crippen LogP contribution in [0.3, 0.4) is 0 Å². The van der Waals surface area contributed by atoms with Crippen molar-refractivity contribution in [1.29, 1.82) is 0 Å². The molecule has 23 heavy (non-hydrogen) atoms. The molecule has 0 spiro atoms. The molecular formula is C15H20Cl3N3O2. The van der Waals surface area contributed by atoms with Gasteiger partial charge in [0.1, 0.15) is 0 Å². The number of benzene rings is 1.